The predicted octanol–water partition coefficient (Wildman–Crippen LogP) is 4.23. The van der Waals surface area contributed by atoms with E-state index in [1.807, 2.05) is 0 Å². The van der Waals surface area contributed by atoms with Crippen molar-refractivity contribution in [2.45, 2.75) is 38.5 Å². The Bertz CT molecular complexity index is 596. The van der Waals surface area contributed by atoms with Gasteiger partial charge in [-0.3, -0.25) is 0 Å². The van der Waals surface area contributed by atoms with E-state index in [-0.39, 0.29) is 0 Å². The van der Waals surface area contributed by atoms with Gasteiger partial charge < -0.3 is 9.90 Å². The van der Waals surface area contributed by atoms with Crippen molar-refractivity contribution in [3.05, 3.63) is 47.5 Å². The van der Waals surface area contributed by atoms with Crippen LogP contribution in [0, 0.1) is 12.8 Å². The number of aldehydes is 1. The van der Waals surface area contributed by atoms with Gasteiger partial charge in [0.25, 0.3) is 0 Å². The van der Waals surface area contributed by atoms with Crippen molar-refractivity contribution in [3.8, 4) is 0 Å². The molecule has 0 aromatic heterocycles. The molecule has 2 nitrogen and oxygen atoms in total. The molecule has 2 heteroatoms. The fraction of sp³-hybridized carbons (Fsp3) is 0.421. The predicted molar refractivity (Wildman–Crippen MR) is 87.6 cm³/mol. The minimum absolute atomic E-state index is 0.305. The van der Waals surface area contributed by atoms with Gasteiger partial charge >= 0.3 is 0 Å². The van der Waals surface area contributed by atoms with Crippen molar-refractivity contribution in [3.63, 3.8) is 0 Å². The largest absolute Gasteiger partial charge is 0.400 e. The Morgan fingerprint density at radius 2 is 1.57 bits per heavy atom. The van der Waals surface area contributed by atoms with Gasteiger partial charge in [0.15, 0.2) is 0 Å². The summed E-state index contributed by atoms with van der Waals surface area (Å²) in [5, 5.41) is 9.66. The van der Waals surface area contributed by atoms with E-state index < -0.39 is 0 Å². The summed E-state index contributed by atoms with van der Waals surface area (Å²) in [4.78, 5) is 10.8. The molecule has 3 rings (SSSR count). The molecule has 0 heterocycles. The number of benzene rings is 2. The van der Waals surface area contributed by atoms with Crippen LogP contribution < -0.4 is 0 Å². The molecule has 1 saturated carbocycles. The molecule has 0 aliphatic heterocycles. The van der Waals surface area contributed by atoms with Gasteiger partial charge in [0.2, 0.25) is 0 Å². The second-order valence-electron chi connectivity index (χ2n) is 5.86. The summed E-state index contributed by atoms with van der Waals surface area (Å²) in [5.74, 6) is 0.946. The number of aryl methyl sites for hydroxylation is 1. The topological polar surface area (TPSA) is 37.3 Å². The number of rotatable bonds is 2. The Morgan fingerprint density at radius 3 is 2.24 bits per heavy atom. The second kappa shape index (κ2) is 7.37. The molecule has 0 radical (unpaired) electrons. The Kier molecular flexibility index (Phi) is 5.51. The molecule has 1 N–H and O–H groups in total. The van der Waals surface area contributed by atoms with E-state index in [0.717, 1.165) is 39.1 Å². The standard InChI is InChI=1S/C18H20O.CH4O/c1-13-2-5-18-11-17(9-8-16(18)10-13)15-6-3-14(12-19)4-7-15;1-2/h2,5,8-12,14-15H,3-4,6-7H2,1H3;2H,1H3. The third-order valence-corrected chi connectivity index (χ3v) is 4.46. The van der Waals surface area contributed by atoms with E-state index in [1.165, 1.54) is 21.9 Å². The van der Waals surface area contributed by atoms with Crippen molar-refractivity contribution < 1.29 is 9.90 Å². The van der Waals surface area contributed by atoms with Crippen LogP contribution in [-0.4, -0.2) is 18.5 Å². The zero-order valence-electron chi connectivity index (χ0n) is 12.9. The molecule has 0 atom stereocenters. The van der Waals surface area contributed by atoms with Gasteiger partial charge in [-0.2, -0.15) is 0 Å². The Balaban J connectivity index is 0.000000774. The van der Waals surface area contributed by atoms with Crippen LogP contribution in [0.4, 0.5) is 0 Å². The Hall–Kier alpha value is -1.67. The molecule has 21 heavy (non-hydrogen) atoms. The van der Waals surface area contributed by atoms with Gasteiger partial charge in [0.05, 0.1) is 0 Å². The normalized spacial score (nSPS) is 21.5. The van der Waals surface area contributed by atoms with Crippen LogP contribution in [0.1, 0.15) is 42.7 Å². The van der Waals surface area contributed by atoms with E-state index >= 15 is 0 Å². The monoisotopic (exact) mass is 284 g/mol. The van der Waals surface area contributed by atoms with E-state index in [1.54, 1.807) is 0 Å². The van der Waals surface area contributed by atoms with Crippen LogP contribution in [0.5, 0.6) is 0 Å². The third-order valence-electron chi connectivity index (χ3n) is 4.46. The van der Waals surface area contributed by atoms with Gasteiger partial charge in [-0.15, -0.1) is 0 Å². The maximum absolute atomic E-state index is 10.8. The van der Waals surface area contributed by atoms with Crippen molar-refractivity contribution >= 4 is 17.1 Å². The molecule has 0 bridgehead atoms. The first-order chi connectivity index (χ1) is 10.3. The summed E-state index contributed by atoms with van der Waals surface area (Å²) in [6.45, 7) is 2.13. The number of carbonyl (C=O) groups excluding carboxylic acids is 1. The highest BCUT2D eigenvalue weighted by Gasteiger charge is 2.21. The number of hydrogen-bond acceptors (Lipinski definition) is 2. The first-order valence-electron chi connectivity index (χ1n) is 7.66. The lowest BCUT2D eigenvalue weighted by Gasteiger charge is -2.26. The number of hydrogen-bond donors (Lipinski definition) is 1. The lowest BCUT2D eigenvalue weighted by Crippen LogP contribution is -2.14. The van der Waals surface area contributed by atoms with Crippen LogP contribution in [-0.2, 0) is 4.79 Å². The lowest BCUT2D eigenvalue weighted by molar-refractivity contribution is -0.111. The van der Waals surface area contributed by atoms with E-state index in [2.05, 4.69) is 43.3 Å². The third kappa shape index (κ3) is 3.70. The Labute approximate surface area is 126 Å². The summed E-state index contributed by atoms with van der Waals surface area (Å²) in [6, 6.07) is 13.5. The van der Waals surface area contributed by atoms with Crippen molar-refractivity contribution in [1.82, 2.24) is 0 Å². The van der Waals surface area contributed by atoms with Gasteiger partial charge in [0, 0.05) is 13.0 Å². The van der Waals surface area contributed by atoms with Gasteiger partial charge in [-0.25, -0.2) is 0 Å². The molecule has 1 aliphatic rings. The van der Waals surface area contributed by atoms with Crippen LogP contribution in [0.15, 0.2) is 36.4 Å². The van der Waals surface area contributed by atoms with Gasteiger partial charge in [0.1, 0.15) is 6.29 Å². The molecular formula is C19H24O2. The maximum atomic E-state index is 10.8. The van der Waals surface area contributed by atoms with Crippen LogP contribution in [0.25, 0.3) is 10.8 Å². The zero-order valence-corrected chi connectivity index (χ0v) is 12.9. The lowest BCUT2D eigenvalue weighted by atomic mass is 9.79. The fourth-order valence-electron chi connectivity index (χ4n) is 3.23. The van der Waals surface area contributed by atoms with Crippen molar-refractivity contribution in [2.24, 2.45) is 5.92 Å². The highest BCUT2D eigenvalue weighted by Crippen LogP contribution is 2.36. The zero-order chi connectivity index (χ0) is 15.2. The highest BCUT2D eigenvalue weighted by molar-refractivity contribution is 5.83. The SMILES string of the molecule is CO.Cc1ccc2cc(C3CCC(C=O)CC3)ccc2c1. The fourth-order valence-corrected chi connectivity index (χ4v) is 3.23. The molecular weight excluding hydrogens is 260 g/mol. The summed E-state index contributed by atoms with van der Waals surface area (Å²) < 4.78 is 0. The minimum atomic E-state index is 0.305. The average molecular weight is 284 g/mol. The first kappa shape index (κ1) is 15.7. The number of fused-ring (bicyclic) bond motifs is 1. The molecule has 2 aromatic carbocycles. The smallest absolute Gasteiger partial charge is 0.123 e. The summed E-state index contributed by atoms with van der Waals surface area (Å²) in [7, 11) is 1.00. The van der Waals surface area contributed by atoms with Gasteiger partial charge in [-0.05, 0) is 54.9 Å². The second-order valence-corrected chi connectivity index (χ2v) is 5.86. The summed E-state index contributed by atoms with van der Waals surface area (Å²) in [6.07, 6.45) is 5.56. The molecule has 2 aromatic rings. The molecule has 1 aliphatic carbocycles. The molecule has 112 valence electrons. The van der Waals surface area contributed by atoms with Crippen molar-refractivity contribution in [1.29, 1.82) is 0 Å². The summed E-state index contributed by atoms with van der Waals surface area (Å²) in [5.41, 5.74) is 2.76. The molecule has 0 saturated heterocycles. The quantitative estimate of drug-likeness (QED) is 0.838. The molecule has 1 fully saturated rings. The summed E-state index contributed by atoms with van der Waals surface area (Å²) >= 11 is 0. The maximum Gasteiger partial charge on any atom is 0.123 e. The number of carbonyl (C=O) groups is 1. The van der Waals surface area contributed by atoms with Crippen LogP contribution >= 0.6 is 0 Å². The van der Waals surface area contributed by atoms with Crippen molar-refractivity contribution in [2.75, 3.05) is 7.11 Å². The number of aliphatic hydroxyl groups excluding tert-OH is 1. The first-order valence-corrected chi connectivity index (χ1v) is 7.66. The average Bonchev–Trinajstić information content (AvgIpc) is 2.56. The van der Waals surface area contributed by atoms with Crippen LogP contribution in [0.3, 0.4) is 0 Å². The van der Waals surface area contributed by atoms with E-state index in [0.29, 0.717) is 11.8 Å². The molecule has 0 amide bonds. The number of aliphatic hydroxyl groups is 1. The molecule has 0 unspecified atom stereocenters. The Morgan fingerprint density at radius 1 is 0.952 bits per heavy atom. The molecule has 0 spiro atoms. The van der Waals surface area contributed by atoms with E-state index in [9.17, 15) is 4.79 Å². The van der Waals surface area contributed by atoms with E-state index in [4.69, 9.17) is 5.11 Å². The highest BCUT2D eigenvalue weighted by atomic mass is 16.2. The van der Waals surface area contributed by atoms with Gasteiger partial charge in [-0.1, -0.05) is 42.0 Å². The minimum Gasteiger partial charge on any atom is -0.400 e. The van der Waals surface area contributed by atoms with Crippen LogP contribution in [0.2, 0.25) is 0 Å².